The van der Waals surface area contributed by atoms with Gasteiger partial charge in [0.25, 0.3) is 0 Å². The van der Waals surface area contributed by atoms with Crippen molar-refractivity contribution in [1.29, 1.82) is 0 Å². The van der Waals surface area contributed by atoms with E-state index in [1.54, 1.807) is 10.6 Å². The molecular weight excluding hydrogens is 378 g/mol. The Balaban J connectivity index is 1.39. The van der Waals surface area contributed by atoms with Crippen molar-refractivity contribution in [3.05, 3.63) is 39.5 Å². The summed E-state index contributed by atoms with van der Waals surface area (Å²) in [4.78, 5) is 17.2. The smallest absolute Gasteiger partial charge is 0.306 e. The minimum absolute atomic E-state index is 0.0577. The van der Waals surface area contributed by atoms with Crippen molar-refractivity contribution >= 4 is 37.4 Å². The molecule has 5 rings (SSSR count). The summed E-state index contributed by atoms with van der Waals surface area (Å²) in [6.45, 7) is 0.0577. The maximum atomic E-state index is 12.5. The molecule has 4 aromatic rings. The average Bonchev–Trinajstić information content (AvgIpc) is 3.08. The average molecular weight is 391 g/mol. The van der Waals surface area contributed by atoms with Crippen LogP contribution in [0.25, 0.3) is 16.0 Å². The van der Waals surface area contributed by atoms with Crippen molar-refractivity contribution in [2.75, 3.05) is 0 Å². The first-order valence-electron chi connectivity index (χ1n) is 7.92. The topological polar surface area (TPSA) is 138 Å². The second kappa shape index (κ2) is 5.46. The van der Waals surface area contributed by atoms with Gasteiger partial charge in [-0.15, -0.1) is 10.2 Å². The fraction of sp³-hybridized carbons (Fsp3) is 0.286. The summed E-state index contributed by atoms with van der Waals surface area (Å²) in [6.07, 6.45) is 2.17. The second-order valence-corrected chi connectivity index (χ2v) is 8.94. The van der Waals surface area contributed by atoms with Gasteiger partial charge in [-0.2, -0.15) is 9.61 Å². The van der Waals surface area contributed by atoms with Crippen LogP contribution in [0.2, 0.25) is 0 Å². The molecule has 0 unspecified atom stereocenters. The summed E-state index contributed by atoms with van der Waals surface area (Å²) in [7, 11) is -3.74. The van der Waals surface area contributed by atoms with Gasteiger partial charge < -0.3 is 9.97 Å². The lowest BCUT2D eigenvalue weighted by molar-refractivity contribution is 0.580. The fourth-order valence-corrected chi connectivity index (χ4v) is 4.64. The van der Waals surface area contributed by atoms with E-state index in [0.29, 0.717) is 26.9 Å². The lowest BCUT2D eigenvalue weighted by atomic mass is 10.3. The van der Waals surface area contributed by atoms with Crippen molar-refractivity contribution in [2.24, 2.45) is 0 Å². The molecule has 3 aromatic heterocycles. The van der Waals surface area contributed by atoms with Crippen LogP contribution in [0.15, 0.2) is 27.9 Å². The van der Waals surface area contributed by atoms with Crippen LogP contribution in [-0.2, 0) is 16.6 Å². The Morgan fingerprint density at radius 2 is 2.04 bits per heavy atom. The van der Waals surface area contributed by atoms with E-state index in [9.17, 15) is 13.2 Å². The summed E-state index contributed by atoms with van der Waals surface area (Å²) in [5.74, 6) is 1.25. The summed E-state index contributed by atoms with van der Waals surface area (Å²) in [6, 6.07) is 4.41. The Kier molecular flexibility index (Phi) is 3.29. The largest absolute Gasteiger partial charge is 0.323 e. The molecule has 1 saturated carbocycles. The van der Waals surface area contributed by atoms with Crippen LogP contribution in [0.5, 0.6) is 0 Å². The predicted octanol–water partition coefficient (Wildman–Crippen LogP) is 0.711. The van der Waals surface area contributed by atoms with Crippen LogP contribution in [0.4, 0.5) is 0 Å². The molecule has 1 aliphatic rings. The zero-order valence-electron chi connectivity index (χ0n) is 13.3. The number of fused-ring (bicyclic) bond motifs is 2. The normalized spacial score (nSPS) is 15.2. The fourth-order valence-electron chi connectivity index (χ4n) is 2.76. The number of H-pyrrole nitrogens is 2. The number of hydrogen-bond donors (Lipinski definition) is 3. The van der Waals surface area contributed by atoms with Gasteiger partial charge in [0.1, 0.15) is 5.01 Å². The van der Waals surface area contributed by atoms with Gasteiger partial charge >= 0.3 is 5.69 Å². The number of rotatable bonds is 5. The maximum Gasteiger partial charge on any atom is 0.323 e. The number of sulfonamides is 1. The molecule has 0 amide bonds. The van der Waals surface area contributed by atoms with Gasteiger partial charge in [0.15, 0.2) is 5.82 Å². The van der Waals surface area contributed by atoms with Gasteiger partial charge in [-0.3, -0.25) is 0 Å². The van der Waals surface area contributed by atoms with Crippen molar-refractivity contribution in [3.8, 4) is 0 Å². The van der Waals surface area contributed by atoms with Crippen LogP contribution in [-0.4, -0.2) is 38.2 Å². The molecule has 0 atom stereocenters. The van der Waals surface area contributed by atoms with E-state index in [2.05, 4.69) is 30.0 Å². The molecule has 0 bridgehead atoms. The minimum Gasteiger partial charge on any atom is -0.306 e. The van der Waals surface area contributed by atoms with Crippen LogP contribution >= 0.6 is 11.3 Å². The number of aromatic amines is 2. The number of imidazole rings is 1. The van der Waals surface area contributed by atoms with Crippen molar-refractivity contribution < 1.29 is 8.42 Å². The van der Waals surface area contributed by atoms with E-state index >= 15 is 0 Å². The molecule has 1 fully saturated rings. The lowest BCUT2D eigenvalue weighted by Crippen LogP contribution is -2.23. The number of aromatic nitrogens is 6. The molecule has 26 heavy (non-hydrogen) atoms. The van der Waals surface area contributed by atoms with Crippen LogP contribution < -0.4 is 10.4 Å². The molecular formula is C14H13N7O3S2. The van der Waals surface area contributed by atoms with Gasteiger partial charge in [0.05, 0.1) is 22.5 Å². The number of nitrogens with zero attached hydrogens (tertiary/aromatic N) is 4. The lowest BCUT2D eigenvalue weighted by Gasteiger charge is -2.05. The van der Waals surface area contributed by atoms with E-state index in [-0.39, 0.29) is 17.1 Å². The van der Waals surface area contributed by atoms with Gasteiger partial charge in [-0.1, -0.05) is 11.3 Å². The number of nitrogens with one attached hydrogen (secondary N) is 3. The first-order chi connectivity index (χ1) is 12.5. The summed E-state index contributed by atoms with van der Waals surface area (Å²) in [5, 5.41) is 13.3. The molecule has 1 aromatic carbocycles. The molecule has 0 saturated heterocycles. The Labute approximate surface area is 150 Å². The molecule has 1 aliphatic carbocycles. The Hall–Kier alpha value is -2.57. The third-order valence-electron chi connectivity index (χ3n) is 4.21. The third kappa shape index (κ3) is 2.62. The summed E-state index contributed by atoms with van der Waals surface area (Å²) < 4.78 is 29.3. The van der Waals surface area contributed by atoms with Gasteiger partial charge in [0, 0.05) is 5.92 Å². The van der Waals surface area contributed by atoms with Crippen LogP contribution in [0, 0.1) is 0 Å². The highest BCUT2D eigenvalue weighted by Crippen LogP contribution is 2.39. The van der Waals surface area contributed by atoms with E-state index in [0.717, 1.165) is 18.7 Å². The van der Waals surface area contributed by atoms with Crippen LogP contribution in [0.1, 0.15) is 29.6 Å². The molecule has 3 heterocycles. The number of hydrogen-bond acceptors (Lipinski definition) is 7. The first-order valence-corrected chi connectivity index (χ1v) is 10.2. The van der Waals surface area contributed by atoms with Gasteiger partial charge in [-0.25, -0.2) is 17.9 Å². The zero-order valence-corrected chi connectivity index (χ0v) is 14.9. The molecule has 10 nitrogen and oxygen atoms in total. The van der Waals surface area contributed by atoms with E-state index in [1.807, 2.05) is 0 Å². The van der Waals surface area contributed by atoms with E-state index < -0.39 is 10.0 Å². The monoisotopic (exact) mass is 391 g/mol. The summed E-state index contributed by atoms with van der Waals surface area (Å²) >= 11 is 1.30. The molecule has 12 heteroatoms. The van der Waals surface area contributed by atoms with Gasteiger partial charge in [-0.05, 0) is 31.0 Å². The zero-order chi connectivity index (χ0) is 17.9. The van der Waals surface area contributed by atoms with E-state index in [4.69, 9.17) is 0 Å². The minimum atomic E-state index is -3.74. The Morgan fingerprint density at radius 3 is 2.85 bits per heavy atom. The van der Waals surface area contributed by atoms with Crippen molar-refractivity contribution in [3.63, 3.8) is 0 Å². The van der Waals surface area contributed by atoms with Crippen molar-refractivity contribution in [1.82, 2.24) is 34.5 Å². The highest BCUT2D eigenvalue weighted by Gasteiger charge is 2.30. The van der Waals surface area contributed by atoms with Crippen molar-refractivity contribution in [2.45, 2.75) is 30.2 Å². The molecule has 0 radical (unpaired) electrons. The molecule has 0 aliphatic heterocycles. The Bertz CT molecular complexity index is 1290. The maximum absolute atomic E-state index is 12.5. The van der Waals surface area contributed by atoms with Crippen LogP contribution in [0.3, 0.4) is 0 Å². The Morgan fingerprint density at radius 1 is 1.23 bits per heavy atom. The molecule has 3 N–H and O–H groups in total. The third-order valence-corrected chi connectivity index (χ3v) is 6.51. The first kappa shape index (κ1) is 15.7. The quantitative estimate of drug-likeness (QED) is 0.458. The molecule has 134 valence electrons. The number of benzene rings is 1. The molecule has 0 spiro atoms. The highest BCUT2D eigenvalue weighted by atomic mass is 32.2. The van der Waals surface area contributed by atoms with Gasteiger partial charge in [0.2, 0.25) is 15.0 Å². The van der Waals surface area contributed by atoms with E-state index in [1.165, 1.54) is 23.5 Å². The standard InChI is InChI=1S/C14H13N7O3S2/c22-13-16-9-4-3-8(5-10(9)17-13)26(23,24)15-6-11-20-21-12(7-1-2-7)18-19-14(21)25-11/h3-5,7,15H,1-2,6H2,(H2,16,17,22). The predicted molar refractivity (Wildman–Crippen MR) is 93.6 cm³/mol. The SMILES string of the molecule is O=c1[nH]c2ccc(S(=O)(=O)NCc3nn4c(C5CC5)nnc4s3)cc2[nH]1. The summed E-state index contributed by atoms with van der Waals surface area (Å²) in [5.41, 5.74) is 0.606. The second-order valence-electron chi connectivity index (χ2n) is 6.13. The highest BCUT2D eigenvalue weighted by molar-refractivity contribution is 7.89.